The lowest BCUT2D eigenvalue weighted by atomic mass is 9.95. The molecule has 94 valence electrons. The third-order valence-corrected chi connectivity index (χ3v) is 5.11. The summed E-state index contributed by atoms with van der Waals surface area (Å²) in [6.07, 6.45) is 4.06. The average Bonchev–Trinajstić information content (AvgIpc) is 3.15. The van der Waals surface area contributed by atoms with E-state index in [4.69, 9.17) is 0 Å². The minimum Gasteiger partial charge on any atom is -0.349 e. The topological polar surface area (TPSA) is 27.8 Å². The number of hydrogen-bond acceptors (Lipinski definition) is 2. The van der Waals surface area contributed by atoms with Gasteiger partial charge in [-0.2, -0.15) is 0 Å². The number of nitrogens with one attached hydrogen (secondary N) is 2. The molecule has 1 aliphatic carbocycles. The van der Waals surface area contributed by atoms with Crippen LogP contribution in [0.25, 0.3) is 10.9 Å². The summed E-state index contributed by atoms with van der Waals surface area (Å²) in [6.45, 7) is 1.15. The summed E-state index contributed by atoms with van der Waals surface area (Å²) < 4.78 is 0. The zero-order chi connectivity index (χ0) is 11.9. The summed E-state index contributed by atoms with van der Waals surface area (Å²) in [5.74, 6) is 1.94. The van der Waals surface area contributed by atoms with E-state index in [-0.39, 0.29) is 0 Å². The quantitative estimate of drug-likeness (QED) is 0.882. The van der Waals surface area contributed by atoms with Crippen LogP contribution in [0.5, 0.6) is 0 Å². The minimum absolute atomic E-state index is 0.693. The highest BCUT2D eigenvalue weighted by Crippen LogP contribution is 2.41. The summed E-state index contributed by atoms with van der Waals surface area (Å²) in [5, 5.41) is 6.54. The van der Waals surface area contributed by atoms with Gasteiger partial charge in [-0.25, -0.2) is 0 Å². The molecule has 1 atom stereocenters. The maximum absolute atomic E-state index is 3.70. The maximum atomic E-state index is 3.70. The molecular weight excluding hydrogens is 240 g/mol. The van der Waals surface area contributed by atoms with Gasteiger partial charge in [0.05, 0.1) is 5.03 Å². The van der Waals surface area contributed by atoms with E-state index in [0.717, 1.165) is 12.6 Å². The monoisotopic (exact) mass is 258 g/mol. The van der Waals surface area contributed by atoms with E-state index in [9.17, 15) is 0 Å². The van der Waals surface area contributed by atoms with E-state index < -0.39 is 0 Å². The van der Waals surface area contributed by atoms with Crippen molar-refractivity contribution in [3.63, 3.8) is 0 Å². The number of thioether (sulfide) groups is 1. The molecule has 1 aromatic heterocycles. The highest BCUT2D eigenvalue weighted by atomic mass is 32.2. The molecule has 3 heteroatoms. The molecular formula is C15H18N2S. The third-order valence-electron chi connectivity index (χ3n) is 4.06. The smallest absolute Gasteiger partial charge is 0.0768 e. The van der Waals surface area contributed by atoms with Crippen LogP contribution < -0.4 is 5.32 Å². The molecule has 1 aromatic carbocycles. The number of aromatic nitrogens is 1. The normalized spacial score (nSPS) is 23.2. The Labute approximate surface area is 112 Å². The van der Waals surface area contributed by atoms with Crippen LogP contribution >= 0.6 is 11.8 Å². The summed E-state index contributed by atoms with van der Waals surface area (Å²) in [7, 11) is 0. The molecule has 1 saturated carbocycles. The van der Waals surface area contributed by atoms with Gasteiger partial charge in [0.1, 0.15) is 0 Å². The summed E-state index contributed by atoms with van der Waals surface area (Å²) in [5.41, 5.74) is 2.86. The van der Waals surface area contributed by atoms with Gasteiger partial charge in [-0.3, -0.25) is 0 Å². The van der Waals surface area contributed by atoms with E-state index in [2.05, 4.69) is 34.6 Å². The van der Waals surface area contributed by atoms with E-state index in [0.29, 0.717) is 5.92 Å². The molecule has 2 nitrogen and oxygen atoms in total. The first-order valence-electron chi connectivity index (χ1n) is 6.88. The fourth-order valence-corrected chi connectivity index (χ4v) is 4.13. The fraction of sp³-hybridized carbons (Fsp3) is 0.467. The number of hydrogen-bond donors (Lipinski definition) is 2. The van der Waals surface area contributed by atoms with Crippen LogP contribution in [-0.4, -0.2) is 23.3 Å². The summed E-state index contributed by atoms with van der Waals surface area (Å²) in [6, 6.07) is 9.54. The Hall–Kier alpha value is -0.930. The summed E-state index contributed by atoms with van der Waals surface area (Å²) >= 11 is 1.98. The Balaban J connectivity index is 1.71. The number of H-pyrrole nitrogens is 1. The van der Waals surface area contributed by atoms with Gasteiger partial charge in [-0.05, 0) is 30.9 Å². The molecule has 2 aromatic rings. The van der Waals surface area contributed by atoms with Crippen LogP contribution in [0.2, 0.25) is 0 Å². The Morgan fingerprint density at radius 3 is 3.00 bits per heavy atom. The van der Waals surface area contributed by atoms with Crippen molar-refractivity contribution >= 4 is 22.7 Å². The van der Waals surface area contributed by atoms with Crippen molar-refractivity contribution < 1.29 is 0 Å². The van der Waals surface area contributed by atoms with Crippen LogP contribution in [0.1, 0.15) is 30.7 Å². The number of benzene rings is 1. The Morgan fingerprint density at radius 2 is 2.11 bits per heavy atom. The van der Waals surface area contributed by atoms with Crippen molar-refractivity contribution in [3.05, 3.63) is 29.8 Å². The molecule has 18 heavy (non-hydrogen) atoms. The molecule has 0 radical (unpaired) electrons. The van der Waals surface area contributed by atoms with Crippen LogP contribution in [0, 0.1) is 0 Å². The van der Waals surface area contributed by atoms with Crippen molar-refractivity contribution in [2.75, 3.05) is 12.3 Å². The van der Waals surface area contributed by atoms with Gasteiger partial charge in [0.2, 0.25) is 0 Å². The predicted octanol–water partition coefficient (Wildman–Crippen LogP) is 3.50. The van der Waals surface area contributed by atoms with E-state index in [1.165, 1.54) is 40.9 Å². The highest BCUT2D eigenvalue weighted by molar-refractivity contribution is 7.99. The zero-order valence-electron chi connectivity index (χ0n) is 10.4. The zero-order valence-corrected chi connectivity index (χ0v) is 11.2. The lowest BCUT2D eigenvalue weighted by Gasteiger charge is -2.23. The van der Waals surface area contributed by atoms with Gasteiger partial charge in [-0.1, -0.05) is 18.2 Å². The first kappa shape index (κ1) is 10.9. The molecule has 1 unspecified atom stereocenters. The largest absolute Gasteiger partial charge is 0.349 e. The predicted molar refractivity (Wildman–Crippen MR) is 77.4 cm³/mol. The molecule has 0 spiro atoms. The van der Waals surface area contributed by atoms with Crippen LogP contribution in [0.4, 0.5) is 0 Å². The molecule has 0 bridgehead atoms. The van der Waals surface area contributed by atoms with Gasteiger partial charge < -0.3 is 10.3 Å². The number of fused-ring (bicyclic) bond motifs is 3. The lowest BCUT2D eigenvalue weighted by Crippen LogP contribution is -2.25. The first-order valence-corrected chi connectivity index (χ1v) is 7.87. The molecule has 1 aliphatic heterocycles. The van der Waals surface area contributed by atoms with Gasteiger partial charge in [0.25, 0.3) is 0 Å². The maximum Gasteiger partial charge on any atom is 0.0768 e. The van der Waals surface area contributed by atoms with Crippen LogP contribution in [-0.2, 0) is 0 Å². The van der Waals surface area contributed by atoms with Crippen molar-refractivity contribution in [3.8, 4) is 0 Å². The van der Waals surface area contributed by atoms with Crippen molar-refractivity contribution in [2.45, 2.75) is 36.2 Å². The van der Waals surface area contributed by atoms with Gasteiger partial charge >= 0.3 is 0 Å². The Morgan fingerprint density at radius 1 is 1.22 bits per heavy atom. The SMILES string of the molecule is c1ccc2c3c([nH]c2c1)SCCC3CNC1CC1. The highest BCUT2D eigenvalue weighted by Gasteiger charge is 2.27. The Kier molecular flexibility index (Phi) is 2.63. The van der Waals surface area contributed by atoms with Crippen molar-refractivity contribution in [2.24, 2.45) is 0 Å². The summed E-state index contributed by atoms with van der Waals surface area (Å²) in [4.78, 5) is 3.58. The van der Waals surface area contributed by atoms with E-state index in [1.807, 2.05) is 11.8 Å². The standard InChI is InChI=1S/C15H18N2S/c1-2-4-13-12(3-1)14-10(9-16-11-5-6-11)7-8-18-15(14)17-13/h1-4,10-11,16-17H,5-9H2. The molecule has 0 saturated heterocycles. The fourth-order valence-electron chi connectivity index (χ4n) is 2.91. The van der Waals surface area contributed by atoms with Crippen molar-refractivity contribution in [1.82, 2.24) is 10.3 Å². The molecule has 1 fully saturated rings. The Bertz CT molecular complexity index is 571. The van der Waals surface area contributed by atoms with Crippen molar-refractivity contribution in [1.29, 1.82) is 0 Å². The molecule has 2 heterocycles. The molecule has 2 N–H and O–H groups in total. The van der Waals surface area contributed by atoms with Gasteiger partial charge in [0, 0.05) is 35.2 Å². The van der Waals surface area contributed by atoms with Crippen LogP contribution in [0.15, 0.2) is 29.3 Å². The molecule has 2 aliphatic rings. The van der Waals surface area contributed by atoms with Gasteiger partial charge in [0.15, 0.2) is 0 Å². The van der Waals surface area contributed by atoms with E-state index in [1.54, 1.807) is 5.56 Å². The second-order valence-corrected chi connectivity index (χ2v) is 6.54. The van der Waals surface area contributed by atoms with Crippen LogP contribution in [0.3, 0.4) is 0 Å². The van der Waals surface area contributed by atoms with Gasteiger partial charge in [-0.15, -0.1) is 11.8 Å². The minimum atomic E-state index is 0.693. The van der Waals surface area contributed by atoms with E-state index >= 15 is 0 Å². The number of para-hydroxylation sites is 1. The number of aromatic amines is 1. The first-order chi connectivity index (χ1) is 8.92. The molecule has 4 rings (SSSR count). The average molecular weight is 258 g/mol. The lowest BCUT2D eigenvalue weighted by molar-refractivity contribution is 0.561. The third kappa shape index (κ3) is 1.86. The second kappa shape index (κ2) is 4.32. The molecule has 0 amide bonds. The number of rotatable bonds is 3. The second-order valence-electron chi connectivity index (χ2n) is 5.43.